The van der Waals surface area contributed by atoms with E-state index in [0.29, 0.717) is 19.5 Å². The summed E-state index contributed by atoms with van der Waals surface area (Å²) in [4.78, 5) is 25.2. The second-order valence-corrected chi connectivity index (χ2v) is 9.25. The second kappa shape index (κ2) is 9.82. The van der Waals surface area contributed by atoms with E-state index in [1.165, 1.54) is 0 Å². The van der Waals surface area contributed by atoms with Crippen molar-refractivity contribution in [3.8, 4) is 0 Å². The number of hydrogen-bond donors (Lipinski definition) is 2. The number of furan rings is 2. The molecule has 0 saturated carbocycles. The Hall–Kier alpha value is -4.58. The van der Waals surface area contributed by atoms with Gasteiger partial charge in [-0.2, -0.15) is 0 Å². The van der Waals surface area contributed by atoms with Gasteiger partial charge < -0.3 is 19.5 Å². The van der Waals surface area contributed by atoms with Crippen molar-refractivity contribution >= 4 is 55.3 Å². The van der Waals surface area contributed by atoms with Crippen molar-refractivity contribution in [3.05, 3.63) is 96.4 Å². The summed E-state index contributed by atoms with van der Waals surface area (Å²) in [6.07, 6.45) is 4.46. The molecule has 0 fully saturated rings. The first-order valence-corrected chi connectivity index (χ1v) is 12.5. The molecule has 0 saturated heterocycles. The molecule has 0 unspecified atom stereocenters. The maximum atomic E-state index is 12.6. The number of carbonyl (C=O) groups excluding carboxylic acids is 2. The number of carbonyl (C=O) groups is 2. The molecule has 2 aromatic heterocycles. The van der Waals surface area contributed by atoms with Gasteiger partial charge in [0.05, 0.1) is 25.4 Å². The highest BCUT2D eigenvalue weighted by Gasteiger charge is 2.14. The highest BCUT2D eigenvalue weighted by Crippen LogP contribution is 2.31. The van der Waals surface area contributed by atoms with Gasteiger partial charge in [0.25, 0.3) is 0 Å². The van der Waals surface area contributed by atoms with Gasteiger partial charge in [-0.15, -0.1) is 0 Å². The fraction of sp³-hybridized carbons (Fsp3) is 0.161. The molecule has 6 heteroatoms. The third-order valence-corrected chi connectivity index (χ3v) is 6.78. The van der Waals surface area contributed by atoms with Gasteiger partial charge in [0.15, 0.2) is 0 Å². The second-order valence-electron chi connectivity index (χ2n) is 9.25. The van der Waals surface area contributed by atoms with Gasteiger partial charge in [-0.3, -0.25) is 9.59 Å². The first-order chi connectivity index (χ1) is 18.2. The molecule has 184 valence electrons. The van der Waals surface area contributed by atoms with E-state index in [0.717, 1.165) is 54.6 Å². The highest BCUT2D eigenvalue weighted by molar-refractivity contribution is 6.09. The first kappa shape index (κ1) is 22.9. The lowest BCUT2D eigenvalue weighted by Crippen LogP contribution is -2.31. The summed E-state index contributed by atoms with van der Waals surface area (Å²) in [7, 11) is 0. The fourth-order valence-corrected chi connectivity index (χ4v) is 5.02. The van der Waals surface area contributed by atoms with E-state index in [2.05, 4.69) is 22.8 Å². The molecule has 6 rings (SSSR count). The quantitative estimate of drug-likeness (QED) is 0.261. The predicted octanol–water partition coefficient (Wildman–Crippen LogP) is 5.89. The van der Waals surface area contributed by atoms with E-state index in [-0.39, 0.29) is 24.7 Å². The number of amides is 2. The number of benzene rings is 4. The average Bonchev–Trinajstić information content (AvgIpc) is 3.53. The Labute approximate surface area is 213 Å². The molecule has 4 aromatic carbocycles. The smallest absolute Gasteiger partial charge is 0.224 e. The standard InChI is InChI=1S/C31H26N2O4/c34-28(16-22-18-36-26-12-10-20-6-1-3-8-24(20)30(22)26)32-14-5-15-33-29(35)17-23-19-37-27-13-11-21-7-2-4-9-25(21)31(23)27/h1-4,6-13,18-19H,5,14-17H2,(H,32,34)(H,33,35). The zero-order chi connectivity index (χ0) is 25.2. The minimum absolute atomic E-state index is 0.0706. The number of nitrogens with one attached hydrogen (secondary N) is 2. The number of hydrogen-bond acceptors (Lipinski definition) is 4. The summed E-state index contributed by atoms with van der Waals surface area (Å²) in [5, 5.41) is 12.3. The largest absolute Gasteiger partial charge is 0.464 e. The lowest BCUT2D eigenvalue weighted by Gasteiger charge is -2.07. The number of fused-ring (bicyclic) bond motifs is 6. The maximum absolute atomic E-state index is 12.6. The van der Waals surface area contributed by atoms with Gasteiger partial charge in [0.2, 0.25) is 11.8 Å². The normalized spacial score (nSPS) is 11.5. The lowest BCUT2D eigenvalue weighted by atomic mass is 10.0. The Morgan fingerprint density at radius 1 is 0.595 bits per heavy atom. The fourth-order valence-electron chi connectivity index (χ4n) is 5.02. The molecule has 2 N–H and O–H groups in total. The highest BCUT2D eigenvalue weighted by atomic mass is 16.3. The van der Waals surface area contributed by atoms with Crippen molar-refractivity contribution in [2.45, 2.75) is 19.3 Å². The van der Waals surface area contributed by atoms with E-state index in [1.807, 2.05) is 60.7 Å². The maximum Gasteiger partial charge on any atom is 0.224 e. The van der Waals surface area contributed by atoms with Crippen LogP contribution in [0.15, 0.2) is 94.2 Å². The molecule has 37 heavy (non-hydrogen) atoms. The van der Waals surface area contributed by atoms with Crippen molar-refractivity contribution in [3.63, 3.8) is 0 Å². The van der Waals surface area contributed by atoms with E-state index >= 15 is 0 Å². The van der Waals surface area contributed by atoms with E-state index in [9.17, 15) is 9.59 Å². The van der Waals surface area contributed by atoms with Crippen molar-refractivity contribution in [2.75, 3.05) is 13.1 Å². The van der Waals surface area contributed by atoms with Crippen LogP contribution in [-0.4, -0.2) is 24.9 Å². The van der Waals surface area contributed by atoms with Crippen LogP contribution in [0, 0.1) is 0 Å². The third kappa shape index (κ3) is 4.54. The zero-order valence-electron chi connectivity index (χ0n) is 20.3. The topological polar surface area (TPSA) is 84.5 Å². The predicted molar refractivity (Wildman–Crippen MR) is 145 cm³/mol. The van der Waals surface area contributed by atoms with Crippen LogP contribution in [0.2, 0.25) is 0 Å². The van der Waals surface area contributed by atoms with Crippen molar-refractivity contribution in [1.82, 2.24) is 10.6 Å². The van der Waals surface area contributed by atoms with Crippen LogP contribution in [0.3, 0.4) is 0 Å². The molecule has 6 aromatic rings. The van der Waals surface area contributed by atoms with Crippen molar-refractivity contribution < 1.29 is 18.4 Å². The van der Waals surface area contributed by atoms with Crippen LogP contribution >= 0.6 is 0 Å². The van der Waals surface area contributed by atoms with Gasteiger partial charge in [0, 0.05) is 35.0 Å². The van der Waals surface area contributed by atoms with Crippen LogP contribution in [-0.2, 0) is 22.4 Å². The summed E-state index contributed by atoms with van der Waals surface area (Å²) < 4.78 is 11.4. The number of rotatable bonds is 8. The Kier molecular flexibility index (Phi) is 6.06. The molecule has 2 amide bonds. The summed E-state index contributed by atoms with van der Waals surface area (Å²) in [6, 6.07) is 24.1. The van der Waals surface area contributed by atoms with Crippen LogP contribution in [0.5, 0.6) is 0 Å². The van der Waals surface area contributed by atoms with Crippen molar-refractivity contribution in [2.24, 2.45) is 0 Å². The molecule has 6 nitrogen and oxygen atoms in total. The summed E-state index contributed by atoms with van der Waals surface area (Å²) in [6.45, 7) is 0.962. The summed E-state index contributed by atoms with van der Waals surface area (Å²) in [5.74, 6) is -0.141. The Bertz CT molecular complexity index is 1630. The van der Waals surface area contributed by atoms with Crippen LogP contribution in [0.1, 0.15) is 17.5 Å². The zero-order valence-corrected chi connectivity index (χ0v) is 20.3. The van der Waals surface area contributed by atoms with Gasteiger partial charge in [-0.05, 0) is 40.1 Å². The van der Waals surface area contributed by atoms with Crippen LogP contribution < -0.4 is 10.6 Å². The molecule has 0 aliphatic rings. The minimum atomic E-state index is -0.0706. The first-order valence-electron chi connectivity index (χ1n) is 12.5. The average molecular weight is 491 g/mol. The molecule has 0 atom stereocenters. The Morgan fingerprint density at radius 3 is 1.54 bits per heavy atom. The summed E-state index contributed by atoms with van der Waals surface area (Å²) >= 11 is 0. The van der Waals surface area contributed by atoms with Crippen LogP contribution in [0.4, 0.5) is 0 Å². The van der Waals surface area contributed by atoms with E-state index in [1.54, 1.807) is 12.5 Å². The van der Waals surface area contributed by atoms with E-state index in [4.69, 9.17) is 8.83 Å². The molecule has 0 spiro atoms. The molecule has 0 aliphatic heterocycles. The molecule has 0 bridgehead atoms. The van der Waals surface area contributed by atoms with Gasteiger partial charge in [-0.25, -0.2) is 0 Å². The van der Waals surface area contributed by atoms with Gasteiger partial charge in [-0.1, -0.05) is 60.7 Å². The van der Waals surface area contributed by atoms with Gasteiger partial charge in [0.1, 0.15) is 11.2 Å². The molecular weight excluding hydrogens is 464 g/mol. The molecular formula is C31H26N2O4. The SMILES string of the molecule is O=C(Cc1coc2ccc3ccccc3c12)NCCCNC(=O)Cc1coc2ccc3ccccc3c12. The van der Waals surface area contributed by atoms with E-state index < -0.39 is 0 Å². The third-order valence-electron chi connectivity index (χ3n) is 6.78. The van der Waals surface area contributed by atoms with Crippen molar-refractivity contribution in [1.29, 1.82) is 0 Å². The Balaban J connectivity index is 1.01. The molecule has 0 radical (unpaired) electrons. The lowest BCUT2D eigenvalue weighted by molar-refractivity contribution is -0.120. The molecule has 2 heterocycles. The minimum Gasteiger partial charge on any atom is -0.464 e. The monoisotopic (exact) mass is 490 g/mol. The van der Waals surface area contributed by atoms with Gasteiger partial charge >= 0.3 is 0 Å². The Morgan fingerprint density at radius 2 is 1.05 bits per heavy atom. The summed E-state index contributed by atoms with van der Waals surface area (Å²) in [5.41, 5.74) is 3.31. The molecule has 0 aliphatic carbocycles. The van der Waals surface area contributed by atoms with Crippen LogP contribution in [0.25, 0.3) is 43.5 Å².